The van der Waals surface area contributed by atoms with Crippen LogP contribution in [0.2, 0.25) is 0 Å². The Bertz CT molecular complexity index is 590. The van der Waals surface area contributed by atoms with Crippen LogP contribution in [0.3, 0.4) is 0 Å². The normalized spacial score (nSPS) is 21.5. The van der Waals surface area contributed by atoms with Gasteiger partial charge in [-0.25, -0.2) is 0 Å². The molecule has 5 nitrogen and oxygen atoms in total. The number of nitrogens with zero attached hydrogens (tertiary/aromatic N) is 1. The van der Waals surface area contributed by atoms with Crippen molar-refractivity contribution < 1.29 is 9.59 Å². The first kappa shape index (κ1) is 18.5. The molecule has 1 aliphatic heterocycles. The van der Waals surface area contributed by atoms with Gasteiger partial charge < -0.3 is 15.5 Å². The lowest BCUT2D eigenvalue weighted by Gasteiger charge is -2.38. The molecule has 1 saturated heterocycles. The maximum absolute atomic E-state index is 12.7. The van der Waals surface area contributed by atoms with E-state index in [0.717, 1.165) is 18.7 Å². The van der Waals surface area contributed by atoms with Crippen LogP contribution >= 0.6 is 0 Å². The highest BCUT2D eigenvalue weighted by Crippen LogP contribution is 2.16. The van der Waals surface area contributed by atoms with E-state index in [2.05, 4.69) is 24.5 Å². The van der Waals surface area contributed by atoms with Gasteiger partial charge in [0, 0.05) is 42.7 Å². The smallest absolute Gasteiger partial charge is 0.254 e. The largest absolute Gasteiger partial charge is 0.352 e. The molecule has 1 fully saturated rings. The second-order valence-corrected chi connectivity index (χ2v) is 7.61. The predicted molar refractivity (Wildman–Crippen MR) is 95.7 cm³/mol. The van der Waals surface area contributed by atoms with Gasteiger partial charge in [-0.3, -0.25) is 9.59 Å². The van der Waals surface area contributed by atoms with Crippen molar-refractivity contribution in [1.29, 1.82) is 0 Å². The third-order valence-corrected chi connectivity index (χ3v) is 4.63. The molecule has 2 unspecified atom stereocenters. The summed E-state index contributed by atoms with van der Waals surface area (Å²) in [4.78, 5) is 26.5. The Morgan fingerprint density at radius 1 is 1.21 bits per heavy atom. The Morgan fingerprint density at radius 3 is 2.42 bits per heavy atom. The zero-order chi connectivity index (χ0) is 17.9. The Balaban J connectivity index is 1.99. The van der Waals surface area contributed by atoms with Crippen molar-refractivity contribution >= 4 is 11.8 Å². The van der Waals surface area contributed by atoms with E-state index >= 15 is 0 Å². The summed E-state index contributed by atoms with van der Waals surface area (Å²) in [6.07, 6.45) is 0. The molecule has 0 aromatic heterocycles. The number of carbonyl (C=O) groups is 2. The lowest BCUT2D eigenvalue weighted by molar-refractivity contribution is -0.128. The van der Waals surface area contributed by atoms with Crippen molar-refractivity contribution in [2.45, 2.75) is 53.2 Å². The second-order valence-electron chi connectivity index (χ2n) is 7.61. The number of piperazine rings is 1. The number of amides is 2. The van der Waals surface area contributed by atoms with Gasteiger partial charge in [0.2, 0.25) is 5.91 Å². The van der Waals surface area contributed by atoms with Crippen LogP contribution in [0.25, 0.3) is 0 Å². The number of hydrogen-bond acceptors (Lipinski definition) is 3. The van der Waals surface area contributed by atoms with E-state index in [1.165, 1.54) is 0 Å². The first-order chi connectivity index (χ1) is 11.2. The second kappa shape index (κ2) is 7.34. The summed E-state index contributed by atoms with van der Waals surface area (Å²) in [5, 5.41) is 6.30. The molecule has 0 radical (unpaired) electrons. The highest BCUT2D eigenvalue weighted by Gasteiger charge is 2.28. The van der Waals surface area contributed by atoms with Crippen LogP contribution in [0.1, 0.15) is 50.5 Å². The number of nitrogens with one attached hydrogen (secondary N) is 2. The molecule has 0 saturated carbocycles. The van der Waals surface area contributed by atoms with Crippen molar-refractivity contribution in [3.05, 3.63) is 35.4 Å². The molecule has 1 aliphatic rings. The molecule has 5 heteroatoms. The van der Waals surface area contributed by atoms with Crippen LogP contribution in [0.5, 0.6) is 0 Å². The Morgan fingerprint density at radius 2 is 1.83 bits per heavy atom. The average molecular weight is 331 g/mol. The van der Waals surface area contributed by atoms with Crippen LogP contribution in [0.15, 0.2) is 24.3 Å². The minimum absolute atomic E-state index is 0.0197. The Kier molecular flexibility index (Phi) is 5.65. The Labute approximate surface area is 144 Å². The van der Waals surface area contributed by atoms with E-state index in [1.807, 2.05) is 49.9 Å². The summed E-state index contributed by atoms with van der Waals surface area (Å²) in [5.74, 6) is 0.0902. The van der Waals surface area contributed by atoms with Crippen molar-refractivity contribution in [1.82, 2.24) is 15.5 Å². The molecule has 0 spiro atoms. The van der Waals surface area contributed by atoms with Crippen molar-refractivity contribution in [2.75, 3.05) is 13.1 Å². The van der Waals surface area contributed by atoms with Gasteiger partial charge >= 0.3 is 0 Å². The quantitative estimate of drug-likeness (QED) is 0.892. The van der Waals surface area contributed by atoms with Crippen molar-refractivity contribution in [3.63, 3.8) is 0 Å². The molecular formula is C19H29N3O2. The summed E-state index contributed by atoms with van der Waals surface area (Å²) in [5.41, 5.74) is 1.29. The highest BCUT2D eigenvalue weighted by molar-refractivity contribution is 5.94. The number of benzene rings is 1. The van der Waals surface area contributed by atoms with E-state index in [0.29, 0.717) is 18.2 Å². The van der Waals surface area contributed by atoms with Crippen LogP contribution < -0.4 is 10.6 Å². The molecule has 2 amide bonds. The minimum Gasteiger partial charge on any atom is -0.352 e. The van der Waals surface area contributed by atoms with Crippen LogP contribution in [0, 0.1) is 5.41 Å². The summed E-state index contributed by atoms with van der Waals surface area (Å²) in [6.45, 7) is 11.9. The lowest BCUT2D eigenvalue weighted by atomic mass is 9.95. The van der Waals surface area contributed by atoms with Crippen molar-refractivity contribution in [2.24, 2.45) is 5.41 Å². The summed E-state index contributed by atoms with van der Waals surface area (Å²) in [6, 6.07) is 7.99. The maximum atomic E-state index is 12.7. The molecule has 2 atom stereocenters. The summed E-state index contributed by atoms with van der Waals surface area (Å²) < 4.78 is 0. The summed E-state index contributed by atoms with van der Waals surface area (Å²) in [7, 11) is 0. The molecule has 1 heterocycles. The first-order valence-electron chi connectivity index (χ1n) is 8.62. The van der Waals surface area contributed by atoms with Gasteiger partial charge in [-0.15, -0.1) is 0 Å². The van der Waals surface area contributed by atoms with Crippen LogP contribution in [0.4, 0.5) is 0 Å². The molecule has 24 heavy (non-hydrogen) atoms. The van der Waals surface area contributed by atoms with Crippen molar-refractivity contribution in [3.8, 4) is 0 Å². The van der Waals surface area contributed by atoms with Gasteiger partial charge in [-0.05, 0) is 31.5 Å². The highest BCUT2D eigenvalue weighted by atomic mass is 16.2. The van der Waals surface area contributed by atoms with Crippen LogP contribution in [-0.2, 0) is 11.3 Å². The fourth-order valence-corrected chi connectivity index (χ4v) is 2.72. The zero-order valence-corrected chi connectivity index (χ0v) is 15.3. The molecule has 1 aromatic rings. The number of carbonyl (C=O) groups excluding carboxylic acids is 2. The first-order valence-corrected chi connectivity index (χ1v) is 8.62. The Hall–Kier alpha value is -1.88. The fraction of sp³-hybridized carbons (Fsp3) is 0.579. The topological polar surface area (TPSA) is 61.4 Å². The SMILES string of the molecule is CC1NCCN(C(=O)c2ccc(CNC(=O)C(C)(C)C)cc2)C1C. The van der Waals surface area contributed by atoms with Gasteiger partial charge in [-0.1, -0.05) is 32.9 Å². The zero-order valence-electron chi connectivity index (χ0n) is 15.3. The molecule has 0 aliphatic carbocycles. The van der Waals surface area contributed by atoms with Crippen LogP contribution in [-0.4, -0.2) is 41.9 Å². The molecule has 0 bridgehead atoms. The number of hydrogen-bond donors (Lipinski definition) is 2. The average Bonchev–Trinajstić information content (AvgIpc) is 2.54. The van der Waals surface area contributed by atoms with Gasteiger partial charge in [0.25, 0.3) is 5.91 Å². The van der Waals surface area contributed by atoms with Gasteiger partial charge in [0.05, 0.1) is 0 Å². The minimum atomic E-state index is -0.398. The fourth-order valence-electron chi connectivity index (χ4n) is 2.72. The molecular weight excluding hydrogens is 302 g/mol. The van der Waals surface area contributed by atoms with E-state index in [9.17, 15) is 9.59 Å². The van der Waals surface area contributed by atoms with E-state index in [1.54, 1.807) is 0 Å². The third-order valence-electron chi connectivity index (χ3n) is 4.63. The lowest BCUT2D eigenvalue weighted by Crippen LogP contribution is -2.57. The van der Waals surface area contributed by atoms with E-state index in [-0.39, 0.29) is 17.9 Å². The van der Waals surface area contributed by atoms with E-state index in [4.69, 9.17) is 0 Å². The molecule has 2 N–H and O–H groups in total. The predicted octanol–water partition coefficient (Wildman–Crippen LogP) is 2.17. The molecule has 1 aromatic carbocycles. The standard InChI is InChI=1S/C19H29N3O2/c1-13-14(2)22(11-10-20-13)17(23)16-8-6-15(7-9-16)12-21-18(24)19(3,4)5/h6-9,13-14,20H,10-12H2,1-5H3,(H,21,24). The number of rotatable bonds is 3. The third kappa shape index (κ3) is 4.35. The molecule has 2 rings (SSSR count). The van der Waals surface area contributed by atoms with Gasteiger partial charge in [0.1, 0.15) is 0 Å². The van der Waals surface area contributed by atoms with E-state index < -0.39 is 5.41 Å². The van der Waals surface area contributed by atoms with Gasteiger partial charge in [-0.2, -0.15) is 0 Å². The maximum Gasteiger partial charge on any atom is 0.254 e. The summed E-state index contributed by atoms with van der Waals surface area (Å²) >= 11 is 0. The van der Waals surface area contributed by atoms with Gasteiger partial charge in [0.15, 0.2) is 0 Å². The monoisotopic (exact) mass is 331 g/mol. The molecule has 132 valence electrons.